The molecule has 0 spiro atoms. The van der Waals surface area contributed by atoms with Crippen LogP contribution >= 0.6 is 0 Å². The van der Waals surface area contributed by atoms with Gasteiger partial charge in [-0.1, -0.05) is 82.7 Å². The summed E-state index contributed by atoms with van der Waals surface area (Å²) in [5.74, 6) is 1.20. The molecule has 0 unspecified atom stereocenters. The Morgan fingerprint density at radius 3 is 2.03 bits per heavy atom. The minimum Gasteiger partial charge on any atom is -0.493 e. The van der Waals surface area contributed by atoms with E-state index in [-0.39, 0.29) is 5.97 Å². The number of hydrogen-bond donors (Lipinski definition) is 0. The van der Waals surface area contributed by atoms with Crippen molar-refractivity contribution >= 4 is 5.97 Å². The van der Waals surface area contributed by atoms with Gasteiger partial charge in [-0.3, -0.25) is 0 Å². The summed E-state index contributed by atoms with van der Waals surface area (Å²) in [6.45, 7) is 9.35. The van der Waals surface area contributed by atoms with Gasteiger partial charge in [-0.05, 0) is 60.6 Å². The zero-order chi connectivity index (χ0) is 23.0. The van der Waals surface area contributed by atoms with E-state index in [4.69, 9.17) is 9.47 Å². The highest BCUT2D eigenvalue weighted by Crippen LogP contribution is 2.23. The maximum Gasteiger partial charge on any atom is 0.338 e. The van der Waals surface area contributed by atoms with Gasteiger partial charge in [0.2, 0.25) is 0 Å². The van der Waals surface area contributed by atoms with E-state index >= 15 is 0 Å². The van der Waals surface area contributed by atoms with E-state index < -0.39 is 0 Å². The summed E-state index contributed by atoms with van der Waals surface area (Å²) >= 11 is 0. The van der Waals surface area contributed by atoms with Crippen molar-refractivity contribution in [2.75, 3.05) is 13.2 Å². The fourth-order valence-electron chi connectivity index (χ4n) is 3.42. The molecule has 1 atom stereocenters. The molecule has 0 aromatic heterocycles. The number of ether oxygens (including phenoxy) is 2. The van der Waals surface area contributed by atoms with Crippen molar-refractivity contribution in [3.8, 4) is 16.9 Å². The molecule has 0 heterocycles. The van der Waals surface area contributed by atoms with Crippen molar-refractivity contribution in [2.45, 2.75) is 71.6 Å². The first kappa shape index (κ1) is 25.7. The van der Waals surface area contributed by atoms with Gasteiger partial charge < -0.3 is 9.47 Å². The molecule has 0 saturated heterocycles. The number of allylic oxidation sites excluding steroid dienone is 1. The zero-order valence-corrected chi connectivity index (χ0v) is 20.0. The van der Waals surface area contributed by atoms with E-state index in [9.17, 15) is 4.79 Å². The minimum absolute atomic E-state index is 0.241. The molecule has 0 aliphatic rings. The molecule has 2 aromatic carbocycles. The number of esters is 1. The number of unbranched alkanes of at least 4 members (excludes halogenated alkanes) is 7. The van der Waals surface area contributed by atoms with Gasteiger partial charge in [0, 0.05) is 0 Å². The van der Waals surface area contributed by atoms with Crippen molar-refractivity contribution in [3.63, 3.8) is 0 Å². The SMILES string of the molecule is C=CCCCCCCCCCOC(=O)c1ccc(-c2ccc(OC[C@@H](C)CC)cc2)cc1. The van der Waals surface area contributed by atoms with Crippen LogP contribution in [0.25, 0.3) is 11.1 Å². The molecule has 0 fully saturated rings. The van der Waals surface area contributed by atoms with Crippen LogP contribution in [0.15, 0.2) is 61.2 Å². The number of rotatable bonds is 16. The third-order valence-corrected chi connectivity index (χ3v) is 5.83. The number of carbonyl (C=O) groups is 1. The molecule has 3 heteroatoms. The first-order chi connectivity index (χ1) is 15.6. The van der Waals surface area contributed by atoms with E-state index in [2.05, 4.69) is 32.6 Å². The van der Waals surface area contributed by atoms with Crippen LogP contribution in [0.3, 0.4) is 0 Å². The first-order valence-electron chi connectivity index (χ1n) is 12.2. The predicted molar refractivity (Wildman–Crippen MR) is 134 cm³/mol. The Kier molecular flexibility index (Phi) is 12.3. The molecular formula is C29H40O3. The van der Waals surface area contributed by atoms with Crippen molar-refractivity contribution in [3.05, 3.63) is 66.7 Å². The standard InChI is InChI=1S/C29H40O3/c1-4-6-7-8-9-10-11-12-13-22-31-29(30)27-16-14-25(15-17-27)26-18-20-28(21-19-26)32-23-24(3)5-2/h4,14-21,24H,1,5-13,22-23H2,2-3H3/t24-/m0/s1. The predicted octanol–water partition coefficient (Wildman–Crippen LogP) is 8.24. The van der Waals surface area contributed by atoms with Crippen LogP contribution in [0.5, 0.6) is 5.75 Å². The van der Waals surface area contributed by atoms with Crippen LogP contribution in [0.1, 0.15) is 82.0 Å². The molecule has 32 heavy (non-hydrogen) atoms. The lowest BCUT2D eigenvalue weighted by molar-refractivity contribution is 0.0497. The van der Waals surface area contributed by atoms with Crippen LogP contribution in [0.4, 0.5) is 0 Å². The fraction of sp³-hybridized carbons (Fsp3) is 0.483. The molecule has 0 N–H and O–H groups in total. The highest BCUT2D eigenvalue weighted by Gasteiger charge is 2.08. The molecule has 174 valence electrons. The van der Waals surface area contributed by atoms with Crippen molar-refractivity contribution in [2.24, 2.45) is 5.92 Å². The third kappa shape index (κ3) is 9.72. The summed E-state index contributed by atoms with van der Waals surface area (Å²) in [6.07, 6.45) is 12.6. The first-order valence-corrected chi connectivity index (χ1v) is 12.2. The summed E-state index contributed by atoms with van der Waals surface area (Å²) in [7, 11) is 0. The number of benzene rings is 2. The Labute approximate surface area is 194 Å². The molecular weight excluding hydrogens is 396 g/mol. The zero-order valence-electron chi connectivity index (χ0n) is 20.0. The summed E-state index contributed by atoms with van der Waals surface area (Å²) < 4.78 is 11.3. The maximum absolute atomic E-state index is 12.3. The Balaban J connectivity index is 1.68. The van der Waals surface area contributed by atoms with Crippen LogP contribution in [-0.4, -0.2) is 19.2 Å². The summed E-state index contributed by atoms with van der Waals surface area (Å²) in [6, 6.07) is 15.7. The van der Waals surface area contributed by atoms with Crippen molar-refractivity contribution in [1.29, 1.82) is 0 Å². The van der Waals surface area contributed by atoms with E-state index in [0.29, 0.717) is 18.1 Å². The van der Waals surface area contributed by atoms with E-state index in [1.54, 1.807) is 0 Å². The van der Waals surface area contributed by atoms with E-state index in [0.717, 1.165) is 49.2 Å². The summed E-state index contributed by atoms with van der Waals surface area (Å²) in [5, 5.41) is 0. The lowest BCUT2D eigenvalue weighted by atomic mass is 10.0. The van der Waals surface area contributed by atoms with E-state index in [1.807, 2.05) is 42.5 Å². The highest BCUT2D eigenvalue weighted by molar-refractivity contribution is 5.90. The average molecular weight is 437 g/mol. The largest absolute Gasteiger partial charge is 0.493 e. The highest BCUT2D eigenvalue weighted by atomic mass is 16.5. The summed E-state index contributed by atoms with van der Waals surface area (Å²) in [5.41, 5.74) is 2.78. The van der Waals surface area contributed by atoms with Crippen LogP contribution in [0, 0.1) is 5.92 Å². The second-order valence-electron chi connectivity index (χ2n) is 8.61. The molecule has 0 aliphatic carbocycles. The second-order valence-corrected chi connectivity index (χ2v) is 8.61. The smallest absolute Gasteiger partial charge is 0.338 e. The fourth-order valence-corrected chi connectivity index (χ4v) is 3.42. The Morgan fingerprint density at radius 2 is 1.44 bits per heavy atom. The Bertz CT molecular complexity index is 777. The Morgan fingerprint density at radius 1 is 0.875 bits per heavy atom. The molecule has 0 amide bonds. The van der Waals surface area contributed by atoms with E-state index in [1.165, 1.54) is 32.1 Å². The topological polar surface area (TPSA) is 35.5 Å². The van der Waals surface area contributed by atoms with Crippen LogP contribution in [-0.2, 0) is 4.74 Å². The Hall–Kier alpha value is -2.55. The molecule has 0 aliphatic heterocycles. The summed E-state index contributed by atoms with van der Waals surface area (Å²) in [4.78, 5) is 12.3. The average Bonchev–Trinajstić information content (AvgIpc) is 2.84. The molecule has 0 saturated carbocycles. The van der Waals surface area contributed by atoms with Gasteiger partial charge in [-0.15, -0.1) is 6.58 Å². The molecule has 3 nitrogen and oxygen atoms in total. The van der Waals surface area contributed by atoms with Gasteiger partial charge in [0.25, 0.3) is 0 Å². The van der Waals surface area contributed by atoms with Gasteiger partial charge in [-0.25, -0.2) is 4.79 Å². The van der Waals surface area contributed by atoms with Crippen LogP contribution < -0.4 is 4.74 Å². The van der Waals surface area contributed by atoms with Gasteiger partial charge in [0.15, 0.2) is 0 Å². The van der Waals surface area contributed by atoms with Gasteiger partial charge in [0.05, 0.1) is 18.8 Å². The number of hydrogen-bond acceptors (Lipinski definition) is 3. The quantitative estimate of drug-likeness (QED) is 0.151. The second kappa shape index (κ2) is 15.3. The molecule has 0 bridgehead atoms. The monoisotopic (exact) mass is 436 g/mol. The van der Waals surface area contributed by atoms with Crippen LogP contribution in [0.2, 0.25) is 0 Å². The van der Waals surface area contributed by atoms with Gasteiger partial charge in [0.1, 0.15) is 5.75 Å². The maximum atomic E-state index is 12.3. The van der Waals surface area contributed by atoms with Gasteiger partial charge >= 0.3 is 5.97 Å². The lowest BCUT2D eigenvalue weighted by Gasteiger charge is -2.11. The third-order valence-electron chi connectivity index (χ3n) is 5.83. The van der Waals surface area contributed by atoms with Crippen molar-refractivity contribution < 1.29 is 14.3 Å². The van der Waals surface area contributed by atoms with Gasteiger partial charge in [-0.2, -0.15) is 0 Å². The minimum atomic E-state index is -0.241. The number of carbonyl (C=O) groups excluding carboxylic acids is 1. The molecule has 0 radical (unpaired) electrons. The lowest BCUT2D eigenvalue weighted by Crippen LogP contribution is -2.07. The molecule has 2 rings (SSSR count). The molecule has 2 aromatic rings. The normalized spacial score (nSPS) is 11.7. The van der Waals surface area contributed by atoms with Crippen molar-refractivity contribution in [1.82, 2.24) is 0 Å².